The molecule has 3 aromatic carbocycles. The van der Waals surface area contributed by atoms with E-state index in [2.05, 4.69) is 41.4 Å². The summed E-state index contributed by atoms with van der Waals surface area (Å²) in [4.78, 5) is 28.9. The number of benzene rings is 3. The Morgan fingerprint density at radius 3 is 2.47 bits per heavy atom. The molecule has 1 atom stereocenters. The number of fused-ring (bicyclic) bond motifs is 2. The minimum Gasteiger partial charge on any atom is -0.450 e. The second-order valence-electron chi connectivity index (χ2n) is 9.11. The van der Waals surface area contributed by atoms with Crippen LogP contribution in [0.3, 0.4) is 0 Å². The third-order valence-corrected chi connectivity index (χ3v) is 8.75. The van der Waals surface area contributed by atoms with E-state index < -0.39 is 23.2 Å². The Labute approximate surface area is 226 Å². The summed E-state index contributed by atoms with van der Waals surface area (Å²) in [5, 5.41) is 9.11. The van der Waals surface area contributed by atoms with Gasteiger partial charge in [0.15, 0.2) is 9.77 Å². The Kier molecular flexibility index (Phi) is 6.33. The molecular formula is C29H22FN3O3S2. The van der Waals surface area contributed by atoms with Crippen LogP contribution in [0.25, 0.3) is 11.0 Å². The van der Waals surface area contributed by atoms with Crippen LogP contribution in [0.5, 0.6) is 0 Å². The van der Waals surface area contributed by atoms with E-state index in [1.54, 1.807) is 0 Å². The lowest BCUT2D eigenvalue weighted by molar-refractivity contribution is 0.0970. The fourth-order valence-electron chi connectivity index (χ4n) is 4.58. The molecule has 0 bridgehead atoms. The van der Waals surface area contributed by atoms with E-state index in [-0.39, 0.29) is 22.3 Å². The first-order valence-electron chi connectivity index (χ1n) is 12.1. The maximum absolute atomic E-state index is 14.0. The van der Waals surface area contributed by atoms with Crippen molar-refractivity contribution in [3.63, 3.8) is 0 Å². The molecule has 1 unspecified atom stereocenters. The van der Waals surface area contributed by atoms with E-state index in [1.165, 1.54) is 45.7 Å². The monoisotopic (exact) mass is 543 g/mol. The number of hydrogen-bond donors (Lipinski definition) is 0. The van der Waals surface area contributed by atoms with Crippen molar-refractivity contribution in [3.8, 4) is 0 Å². The van der Waals surface area contributed by atoms with E-state index in [9.17, 15) is 14.0 Å². The molecule has 190 valence electrons. The molecule has 0 fully saturated rings. The predicted molar refractivity (Wildman–Crippen MR) is 148 cm³/mol. The molecule has 0 saturated carbocycles. The number of halogens is 1. The minimum atomic E-state index is -0.768. The Bertz CT molecular complexity index is 1730. The van der Waals surface area contributed by atoms with Crippen LogP contribution < -0.4 is 10.3 Å². The number of hydrogen-bond acceptors (Lipinski definition) is 7. The van der Waals surface area contributed by atoms with Crippen LogP contribution in [0.15, 0.2) is 80.3 Å². The summed E-state index contributed by atoms with van der Waals surface area (Å²) < 4.78 is 20.7. The highest BCUT2D eigenvalue weighted by atomic mass is 32.2. The van der Waals surface area contributed by atoms with Crippen LogP contribution in [0.1, 0.15) is 51.3 Å². The van der Waals surface area contributed by atoms with Crippen molar-refractivity contribution in [1.29, 1.82) is 0 Å². The predicted octanol–water partition coefficient (Wildman–Crippen LogP) is 6.70. The summed E-state index contributed by atoms with van der Waals surface area (Å²) in [5.41, 5.74) is 4.13. The van der Waals surface area contributed by atoms with Crippen LogP contribution in [-0.4, -0.2) is 16.1 Å². The van der Waals surface area contributed by atoms with Gasteiger partial charge in [0.1, 0.15) is 11.4 Å². The number of aryl methyl sites for hydroxylation is 2. The SMILES string of the molecule is CCc1ccc(C2c3c(oc4ccc(F)cc4c3=O)C(=O)N2c2nnc(SCc3ccc(C)cc3)s2)cc1. The number of carbonyl (C=O) groups excluding carboxylic acids is 1. The Morgan fingerprint density at radius 2 is 1.74 bits per heavy atom. The zero-order valence-electron chi connectivity index (χ0n) is 20.6. The van der Waals surface area contributed by atoms with Gasteiger partial charge in [-0.05, 0) is 48.2 Å². The van der Waals surface area contributed by atoms with Crippen molar-refractivity contribution in [2.24, 2.45) is 0 Å². The van der Waals surface area contributed by atoms with Gasteiger partial charge in [0, 0.05) is 5.75 Å². The maximum Gasteiger partial charge on any atom is 0.297 e. The lowest BCUT2D eigenvalue weighted by atomic mass is 9.97. The molecule has 6 rings (SSSR count). The molecule has 1 aliphatic heterocycles. The number of aromatic nitrogens is 2. The highest BCUT2D eigenvalue weighted by Crippen LogP contribution is 2.43. The fraction of sp³-hybridized carbons (Fsp3) is 0.172. The molecule has 5 aromatic rings. The van der Waals surface area contributed by atoms with Crippen molar-refractivity contribution in [1.82, 2.24) is 10.2 Å². The molecular weight excluding hydrogens is 521 g/mol. The number of nitrogens with zero attached hydrogens (tertiary/aromatic N) is 3. The quantitative estimate of drug-likeness (QED) is 0.175. The third kappa shape index (κ3) is 4.31. The number of amides is 1. The van der Waals surface area contributed by atoms with Crippen LogP contribution in [-0.2, 0) is 12.2 Å². The summed E-state index contributed by atoms with van der Waals surface area (Å²) in [5.74, 6) is -0.363. The van der Waals surface area contributed by atoms with E-state index in [1.807, 2.05) is 31.2 Å². The second kappa shape index (κ2) is 9.81. The van der Waals surface area contributed by atoms with Crippen LogP contribution in [0.4, 0.5) is 9.52 Å². The molecule has 0 N–H and O–H groups in total. The summed E-state index contributed by atoms with van der Waals surface area (Å²) >= 11 is 2.82. The molecule has 38 heavy (non-hydrogen) atoms. The molecule has 9 heteroatoms. The van der Waals surface area contributed by atoms with Crippen molar-refractivity contribution >= 4 is 45.1 Å². The molecule has 3 heterocycles. The topological polar surface area (TPSA) is 76.3 Å². The number of thioether (sulfide) groups is 1. The number of anilines is 1. The lowest BCUT2D eigenvalue weighted by Crippen LogP contribution is -2.29. The van der Waals surface area contributed by atoms with Crippen molar-refractivity contribution in [2.75, 3.05) is 4.90 Å². The smallest absolute Gasteiger partial charge is 0.297 e. The molecule has 0 radical (unpaired) electrons. The highest BCUT2D eigenvalue weighted by Gasteiger charge is 2.45. The fourth-order valence-corrected chi connectivity index (χ4v) is 6.40. The Morgan fingerprint density at radius 1 is 1.00 bits per heavy atom. The molecule has 1 aliphatic rings. The summed E-state index contributed by atoms with van der Waals surface area (Å²) in [7, 11) is 0. The average molecular weight is 544 g/mol. The molecule has 2 aromatic heterocycles. The third-order valence-electron chi connectivity index (χ3n) is 6.62. The first-order valence-corrected chi connectivity index (χ1v) is 13.9. The largest absolute Gasteiger partial charge is 0.450 e. The molecule has 0 spiro atoms. The highest BCUT2D eigenvalue weighted by molar-refractivity contribution is 8.00. The van der Waals surface area contributed by atoms with Gasteiger partial charge >= 0.3 is 0 Å². The van der Waals surface area contributed by atoms with Gasteiger partial charge < -0.3 is 4.42 Å². The van der Waals surface area contributed by atoms with E-state index in [0.29, 0.717) is 15.2 Å². The van der Waals surface area contributed by atoms with Crippen molar-refractivity contribution in [3.05, 3.63) is 116 Å². The molecule has 1 amide bonds. The van der Waals surface area contributed by atoms with Crippen molar-refractivity contribution in [2.45, 2.75) is 36.4 Å². The van der Waals surface area contributed by atoms with Gasteiger partial charge in [-0.3, -0.25) is 14.5 Å². The van der Waals surface area contributed by atoms with Crippen LogP contribution in [0.2, 0.25) is 0 Å². The minimum absolute atomic E-state index is 0.0530. The zero-order valence-corrected chi connectivity index (χ0v) is 22.2. The van der Waals surface area contributed by atoms with Gasteiger partial charge in [-0.1, -0.05) is 84.1 Å². The summed E-state index contributed by atoms with van der Waals surface area (Å²) in [6.07, 6.45) is 0.855. The zero-order chi connectivity index (χ0) is 26.4. The van der Waals surface area contributed by atoms with E-state index >= 15 is 0 Å². The first kappa shape index (κ1) is 24.5. The summed E-state index contributed by atoms with van der Waals surface area (Å²) in [6, 6.07) is 19.0. The standard InChI is InChI=1S/C29H22FN3O3S2/c1-3-17-8-10-19(11-9-17)24-23-25(34)21-14-20(30)12-13-22(21)36-26(23)27(35)33(24)28-31-32-29(38-28)37-15-18-6-4-16(2)5-7-18/h4-14,24H,3,15H2,1-2H3. The first-order chi connectivity index (χ1) is 18.4. The molecule has 0 aliphatic carbocycles. The maximum atomic E-state index is 14.0. The van der Waals surface area contributed by atoms with Crippen LogP contribution in [0, 0.1) is 12.7 Å². The van der Waals surface area contributed by atoms with Crippen molar-refractivity contribution < 1.29 is 13.6 Å². The van der Waals surface area contributed by atoms with E-state index in [4.69, 9.17) is 4.42 Å². The Balaban J connectivity index is 1.42. The average Bonchev–Trinajstić information content (AvgIpc) is 3.51. The molecule has 6 nitrogen and oxygen atoms in total. The number of carbonyl (C=O) groups is 1. The second-order valence-corrected chi connectivity index (χ2v) is 11.3. The van der Waals surface area contributed by atoms with Gasteiger partial charge in [-0.15, -0.1) is 10.2 Å². The number of rotatable bonds is 6. The normalized spacial score (nSPS) is 14.9. The van der Waals surface area contributed by atoms with Gasteiger partial charge in [0.05, 0.1) is 17.0 Å². The summed E-state index contributed by atoms with van der Waals surface area (Å²) in [6.45, 7) is 4.10. The lowest BCUT2D eigenvalue weighted by Gasteiger charge is -2.22. The van der Waals surface area contributed by atoms with Gasteiger partial charge in [0.2, 0.25) is 10.9 Å². The Hall–Kier alpha value is -3.82. The van der Waals surface area contributed by atoms with Gasteiger partial charge in [-0.2, -0.15) is 0 Å². The van der Waals surface area contributed by atoms with Crippen LogP contribution >= 0.6 is 23.1 Å². The molecule has 0 saturated heterocycles. The van der Waals surface area contributed by atoms with E-state index in [0.717, 1.165) is 29.2 Å². The van der Waals surface area contributed by atoms with Gasteiger partial charge in [0.25, 0.3) is 5.91 Å². The van der Waals surface area contributed by atoms with Gasteiger partial charge in [-0.25, -0.2) is 4.39 Å².